The zero-order valence-corrected chi connectivity index (χ0v) is 20.3. The second-order valence-corrected chi connectivity index (χ2v) is 5.73. The molecule has 0 unspecified atom stereocenters. The molecule has 0 aliphatic rings. The molecule has 14 nitrogen and oxygen atoms in total. The van der Waals surface area contributed by atoms with Gasteiger partial charge in [-0.2, -0.15) is 0 Å². The first-order valence-corrected chi connectivity index (χ1v) is 10.1. The van der Waals surface area contributed by atoms with E-state index in [1.54, 1.807) is 0 Å². The first-order chi connectivity index (χ1) is 16.3. The second kappa shape index (κ2) is 30.8. The minimum atomic E-state index is -0.446. The number of carbonyl (C=O) groups excluding carboxylic acids is 4. The van der Waals surface area contributed by atoms with Crippen LogP contribution >= 0.6 is 0 Å². The summed E-state index contributed by atoms with van der Waals surface area (Å²) in [6.07, 6.45) is 0. The van der Waals surface area contributed by atoms with Gasteiger partial charge in [0.25, 0.3) is 0 Å². The first kappa shape index (κ1) is 36.4. The van der Waals surface area contributed by atoms with E-state index < -0.39 is 17.9 Å². The molecular weight excluding hydrogens is 464 g/mol. The third-order valence-electron chi connectivity index (χ3n) is 2.81. The highest BCUT2D eigenvalue weighted by Gasteiger charge is 2.03. The lowest BCUT2D eigenvalue weighted by molar-refractivity contribution is -0.151. The quantitative estimate of drug-likeness (QED) is 0.121. The molecule has 0 radical (unpaired) electrons. The second-order valence-electron chi connectivity index (χ2n) is 5.73. The van der Waals surface area contributed by atoms with Gasteiger partial charge in [0.2, 0.25) is 0 Å². The molecular formula is C20H38O14. The first-order valence-electron chi connectivity index (χ1n) is 10.1. The van der Waals surface area contributed by atoms with Crippen molar-refractivity contribution in [3.63, 3.8) is 0 Å². The highest BCUT2D eigenvalue weighted by atomic mass is 16.6. The lowest BCUT2D eigenvalue weighted by Crippen LogP contribution is -2.17. The minimum absolute atomic E-state index is 0.0426. The predicted molar refractivity (Wildman–Crippen MR) is 115 cm³/mol. The molecule has 0 bridgehead atoms. The Morgan fingerprint density at radius 3 is 1.26 bits per heavy atom. The fourth-order valence-electron chi connectivity index (χ4n) is 1.32. The Labute approximate surface area is 199 Å². The number of rotatable bonds is 18. The smallest absolute Gasteiger partial charge is 0.332 e. The number of ketones is 1. The zero-order valence-electron chi connectivity index (χ0n) is 20.3. The molecule has 0 spiro atoms. The maximum absolute atomic E-state index is 11.0. The fourth-order valence-corrected chi connectivity index (χ4v) is 1.32. The lowest BCUT2D eigenvalue weighted by Gasteiger charge is -2.05. The van der Waals surface area contributed by atoms with E-state index >= 15 is 0 Å². The molecule has 0 aromatic heterocycles. The van der Waals surface area contributed by atoms with Crippen molar-refractivity contribution in [2.45, 2.75) is 6.92 Å². The van der Waals surface area contributed by atoms with Crippen LogP contribution < -0.4 is 0 Å². The van der Waals surface area contributed by atoms with Gasteiger partial charge in [0.15, 0.2) is 5.78 Å². The summed E-state index contributed by atoms with van der Waals surface area (Å²) in [5.41, 5.74) is 0. The normalized spacial score (nSPS) is 9.59. The van der Waals surface area contributed by atoms with Crippen LogP contribution in [0, 0.1) is 0 Å². The number of hydrogen-bond donors (Lipinski definition) is 2. The largest absolute Gasteiger partial charge is 0.467 e. The van der Waals surface area contributed by atoms with E-state index in [1.807, 2.05) is 0 Å². The number of hydrogen-bond acceptors (Lipinski definition) is 14. The Kier molecular flexibility index (Phi) is 32.9. The number of ether oxygens (including phenoxy) is 8. The SMILES string of the molecule is COC(=O)COCCOCC(=O)OC.COCCOC(=O)COCCOCC(C)=O.OCCO. The minimum Gasteiger partial charge on any atom is -0.467 e. The maximum atomic E-state index is 11.0. The van der Waals surface area contributed by atoms with Crippen LogP contribution in [-0.4, -0.2) is 135 Å². The molecule has 0 fully saturated rings. The average molecular weight is 503 g/mol. The Balaban J connectivity index is -0.000000491. The number of methoxy groups -OCH3 is 3. The Morgan fingerprint density at radius 1 is 0.559 bits per heavy atom. The van der Waals surface area contributed by atoms with Crippen molar-refractivity contribution in [3.8, 4) is 0 Å². The molecule has 0 aliphatic carbocycles. The van der Waals surface area contributed by atoms with E-state index in [9.17, 15) is 19.2 Å². The highest BCUT2D eigenvalue weighted by Crippen LogP contribution is 1.85. The highest BCUT2D eigenvalue weighted by molar-refractivity contribution is 5.76. The molecule has 0 aromatic rings. The van der Waals surface area contributed by atoms with Crippen molar-refractivity contribution in [1.82, 2.24) is 0 Å². The third-order valence-corrected chi connectivity index (χ3v) is 2.81. The number of esters is 3. The number of carbonyl (C=O) groups is 4. The summed E-state index contributed by atoms with van der Waals surface area (Å²) >= 11 is 0. The van der Waals surface area contributed by atoms with Crippen LogP contribution in [0.4, 0.5) is 0 Å². The van der Waals surface area contributed by atoms with Crippen molar-refractivity contribution in [1.29, 1.82) is 0 Å². The van der Waals surface area contributed by atoms with Gasteiger partial charge < -0.3 is 48.1 Å². The van der Waals surface area contributed by atoms with Crippen LogP contribution in [0.25, 0.3) is 0 Å². The summed E-state index contributed by atoms with van der Waals surface area (Å²) < 4.78 is 37.7. The van der Waals surface area contributed by atoms with Gasteiger partial charge in [-0.25, -0.2) is 14.4 Å². The summed E-state index contributed by atoms with van der Waals surface area (Å²) in [5.74, 6) is -1.38. The zero-order chi connectivity index (χ0) is 26.5. The number of aliphatic hydroxyl groups is 2. The molecule has 202 valence electrons. The maximum Gasteiger partial charge on any atom is 0.332 e. The van der Waals surface area contributed by atoms with Gasteiger partial charge in [0, 0.05) is 7.11 Å². The van der Waals surface area contributed by atoms with E-state index in [2.05, 4.69) is 9.47 Å². The Bertz CT molecular complexity index is 476. The Hall–Kier alpha value is -2.20. The lowest BCUT2D eigenvalue weighted by atomic mass is 10.5. The summed E-state index contributed by atoms with van der Waals surface area (Å²) in [6.45, 7) is 2.50. The van der Waals surface area contributed by atoms with Crippen molar-refractivity contribution < 1.29 is 67.3 Å². The predicted octanol–water partition coefficient (Wildman–Crippen LogP) is -1.87. The topological polar surface area (TPSA) is 183 Å². The summed E-state index contributed by atoms with van der Waals surface area (Å²) in [4.78, 5) is 42.5. The summed E-state index contributed by atoms with van der Waals surface area (Å²) in [5, 5.41) is 15.2. The molecule has 0 aliphatic heterocycles. The number of Topliss-reactive ketones (excluding diaryl/α,β-unsaturated/α-hetero) is 1. The molecule has 0 saturated heterocycles. The van der Waals surface area contributed by atoms with Crippen LogP contribution in [0.3, 0.4) is 0 Å². The third kappa shape index (κ3) is 37.1. The van der Waals surface area contributed by atoms with Crippen LogP contribution in [0.15, 0.2) is 0 Å². The fraction of sp³-hybridized carbons (Fsp3) is 0.800. The molecule has 34 heavy (non-hydrogen) atoms. The van der Waals surface area contributed by atoms with Gasteiger partial charge in [-0.05, 0) is 6.92 Å². The van der Waals surface area contributed by atoms with E-state index in [0.717, 1.165) is 0 Å². The van der Waals surface area contributed by atoms with Gasteiger partial charge in [-0.15, -0.1) is 0 Å². The van der Waals surface area contributed by atoms with Gasteiger partial charge in [-0.3, -0.25) is 4.79 Å². The number of aliphatic hydroxyl groups excluding tert-OH is 2. The molecule has 2 N–H and O–H groups in total. The van der Waals surface area contributed by atoms with E-state index in [-0.39, 0.29) is 78.5 Å². The van der Waals surface area contributed by atoms with E-state index in [0.29, 0.717) is 6.61 Å². The van der Waals surface area contributed by atoms with Gasteiger partial charge >= 0.3 is 17.9 Å². The van der Waals surface area contributed by atoms with Crippen molar-refractivity contribution >= 4 is 23.7 Å². The average Bonchev–Trinajstić information content (AvgIpc) is 2.83. The molecule has 0 aromatic carbocycles. The van der Waals surface area contributed by atoms with Crippen molar-refractivity contribution in [2.24, 2.45) is 0 Å². The molecule has 0 heterocycles. The van der Waals surface area contributed by atoms with Gasteiger partial charge in [0.1, 0.15) is 33.0 Å². The van der Waals surface area contributed by atoms with Crippen LogP contribution in [0.2, 0.25) is 0 Å². The van der Waals surface area contributed by atoms with Crippen LogP contribution in [-0.2, 0) is 57.1 Å². The standard InChI is InChI=1S/C10H18O6.C8H14O6.C2H6O2/c1-9(11)7-14-4-5-15-8-10(12)16-6-3-13-2;1-11-7(9)5-13-3-4-14-6-8(10)12-2;3-1-2-4/h3-8H2,1-2H3;3-6H2,1-2H3;3-4H,1-2H2. The molecule has 14 heteroatoms. The monoisotopic (exact) mass is 502 g/mol. The van der Waals surface area contributed by atoms with E-state index in [1.165, 1.54) is 28.3 Å². The molecule has 0 saturated carbocycles. The molecule has 0 rings (SSSR count). The molecule has 0 atom stereocenters. The van der Waals surface area contributed by atoms with Gasteiger partial charge in [-0.1, -0.05) is 0 Å². The summed E-state index contributed by atoms with van der Waals surface area (Å²) in [6, 6.07) is 0. The van der Waals surface area contributed by atoms with Gasteiger partial charge in [0.05, 0.1) is 60.5 Å². The van der Waals surface area contributed by atoms with Crippen molar-refractivity contribution in [3.05, 3.63) is 0 Å². The summed E-state index contributed by atoms with van der Waals surface area (Å²) in [7, 11) is 4.08. The van der Waals surface area contributed by atoms with Crippen LogP contribution in [0.5, 0.6) is 0 Å². The van der Waals surface area contributed by atoms with Crippen molar-refractivity contribution in [2.75, 3.05) is 101 Å². The van der Waals surface area contributed by atoms with E-state index in [4.69, 9.17) is 38.6 Å². The molecule has 0 amide bonds. The Morgan fingerprint density at radius 2 is 0.941 bits per heavy atom. The van der Waals surface area contributed by atoms with Crippen LogP contribution in [0.1, 0.15) is 6.92 Å².